The summed E-state index contributed by atoms with van der Waals surface area (Å²) in [5.74, 6) is -0.714. The van der Waals surface area contributed by atoms with Crippen molar-refractivity contribution < 1.29 is 24.1 Å². The summed E-state index contributed by atoms with van der Waals surface area (Å²) in [4.78, 5) is 13.1. The molecular weight excluding hydrogens is 262 g/mol. The van der Waals surface area contributed by atoms with Gasteiger partial charge in [0.05, 0.1) is 39.5 Å². The maximum absolute atomic E-state index is 10.8. The van der Waals surface area contributed by atoms with Crippen LogP contribution in [-0.4, -0.2) is 75.3 Å². The van der Waals surface area contributed by atoms with Crippen LogP contribution in [-0.2, 0) is 19.0 Å². The van der Waals surface area contributed by atoms with Crippen molar-refractivity contribution in [3.63, 3.8) is 0 Å². The molecule has 0 aromatic rings. The Morgan fingerprint density at radius 1 is 1.15 bits per heavy atom. The number of methoxy groups -OCH3 is 1. The molecule has 1 saturated heterocycles. The lowest BCUT2D eigenvalue weighted by atomic mass is 9.99. The Balaban J connectivity index is 2.05. The highest BCUT2D eigenvalue weighted by molar-refractivity contribution is 5.67. The number of piperidine rings is 1. The number of ether oxygens (including phenoxy) is 3. The van der Waals surface area contributed by atoms with Crippen molar-refractivity contribution in [2.24, 2.45) is 0 Å². The van der Waals surface area contributed by atoms with Gasteiger partial charge in [0, 0.05) is 19.7 Å². The van der Waals surface area contributed by atoms with E-state index in [4.69, 9.17) is 19.3 Å². The van der Waals surface area contributed by atoms with E-state index in [-0.39, 0.29) is 12.5 Å². The van der Waals surface area contributed by atoms with Crippen LogP contribution in [0.1, 0.15) is 25.7 Å². The quantitative estimate of drug-likeness (QED) is 0.572. The first-order valence-corrected chi connectivity index (χ1v) is 7.34. The van der Waals surface area contributed by atoms with Crippen LogP contribution in [0.5, 0.6) is 0 Å². The largest absolute Gasteiger partial charge is 0.481 e. The van der Waals surface area contributed by atoms with Gasteiger partial charge in [-0.2, -0.15) is 0 Å². The number of rotatable bonds is 11. The van der Waals surface area contributed by atoms with Crippen LogP contribution in [0.15, 0.2) is 0 Å². The molecule has 1 unspecified atom stereocenters. The van der Waals surface area contributed by atoms with Crippen LogP contribution in [0.25, 0.3) is 0 Å². The van der Waals surface area contributed by atoms with E-state index >= 15 is 0 Å². The first-order chi connectivity index (χ1) is 9.74. The van der Waals surface area contributed by atoms with Gasteiger partial charge in [0.25, 0.3) is 0 Å². The van der Waals surface area contributed by atoms with Crippen LogP contribution in [0.3, 0.4) is 0 Å². The number of hydrogen-bond donors (Lipinski definition) is 1. The Bertz CT molecular complexity index is 262. The molecular formula is C14H27NO5. The van der Waals surface area contributed by atoms with E-state index in [1.54, 1.807) is 7.11 Å². The summed E-state index contributed by atoms with van der Waals surface area (Å²) in [5.41, 5.74) is 0. The SMILES string of the molecule is COCCOCCOCCN1CCCCC1CC(=O)O. The summed E-state index contributed by atoms with van der Waals surface area (Å²) in [6.45, 7) is 4.74. The van der Waals surface area contributed by atoms with Crippen LogP contribution in [0.2, 0.25) is 0 Å². The van der Waals surface area contributed by atoms with Crippen molar-refractivity contribution in [3.8, 4) is 0 Å². The smallest absolute Gasteiger partial charge is 0.304 e. The molecule has 20 heavy (non-hydrogen) atoms. The third-order valence-corrected chi connectivity index (χ3v) is 3.49. The topological polar surface area (TPSA) is 68.2 Å². The average Bonchev–Trinajstić information content (AvgIpc) is 2.43. The zero-order valence-electron chi connectivity index (χ0n) is 12.4. The van der Waals surface area contributed by atoms with Crippen molar-refractivity contribution in [2.45, 2.75) is 31.7 Å². The molecule has 0 bridgehead atoms. The van der Waals surface area contributed by atoms with Gasteiger partial charge in [0.2, 0.25) is 0 Å². The molecule has 1 fully saturated rings. The van der Waals surface area contributed by atoms with Gasteiger partial charge in [-0.25, -0.2) is 0 Å². The van der Waals surface area contributed by atoms with E-state index in [1.165, 1.54) is 0 Å². The predicted octanol–water partition coefficient (Wildman–Crippen LogP) is 0.995. The highest BCUT2D eigenvalue weighted by Gasteiger charge is 2.23. The number of carbonyl (C=O) groups is 1. The molecule has 6 heteroatoms. The maximum atomic E-state index is 10.8. The molecule has 1 N–H and O–H groups in total. The van der Waals surface area contributed by atoms with E-state index in [2.05, 4.69) is 4.90 Å². The minimum absolute atomic E-state index is 0.169. The predicted molar refractivity (Wildman–Crippen MR) is 75.0 cm³/mol. The van der Waals surface area contributed by atoms with Crippen LogP contribution >= 0.6 is 0 Å². The Kier molecular flexibility index (Phi) is 9.57. The number of aliphatic carboxylic acids is 1. The van der Waals surface area contributed by atoms with Crippen molar-refractivity contribution in [1.29, 1.82) is 0 Å². The van der Waals surface area contributed by atoms with E-state index in [0.29, 0.717) is 33.0 Å². The van der Waals surface area contributed by atoms with Crippen LogP contribution in [0.4, 0.5) is 0 Å². The minimum Gasteiger partial charge on any atom is -0.481 e. The summed E-state index contributed by atoms with van der Waals surface area (Å²) in [6.07, 6.45) is 3.49. The van der Waals surface area contributed by atoms with E-state index in [0.717, 1.165) is 32.4 Å². The summed E-state index contributed by atoms with van der Waals surface area (Å²) in [6, 6.07) is 0.169. The summed E-state index contributed by atoms with van der Waals surface area (Å²) < 4.78 is 15.7. The molecule has 1 aliphatic heterocycles. The number of likely N-dealkylation sites (tertiary alicyclic amines) is 1. The minimum atomic E-state index is -0.714. The Morgan fingerprint density at radius 3 is 2.55 bits per heavy atom. The number of carboxylic acids is 1. The molecule has 1 atom stereocenters. The second-order valence-electron chi connectivity index (χ2n) is 5.00. The first kappa shape index (κ1) is 17.4. The van der Waals surface area contributed by atoms with Gasteiger partial charge in [-0.1, -0.05) is 6.42 Å². The first-order valence-electron chi connectivity index (χ1n) is 7.34. The Labute approximate surface area is 121 Å². The van der Waals surface area contributed by atoms with Gasteiger partial charge in [-0.15, -0.1) is 0 Å². The standard InChI is InChI=1S/C14H27NO5/c1-18-8-9-20-11-10-19-7-6-15-5-3-2-4-13(15)12-14(16)17/h13H,2-12H2,1H3,(H,16,17). The lowest BCUT2D eigenvalue weighted by molar-refractivity contribution is -0.138. The zero-order chi connectivity index (χ0) is 14.6. The van der Waals surface area contributed by atoms with Gasteiger partial charge in [-0.3, -0.25) is 9.69 Å². The maximum Gasteiger partial charge on any atom is 0.304 e. The van der Waals surface area contributed by atoms with Gasteiger partial charge >= 0.3 is 5.97 Å². The van der Waals surface area contributed by atoms with Crippen LogP contribution < -0.4 is 0 Å². The normalized spacial score (nSPS) is 20.1. The highest BCUT2D eigenvalue weighted by Crippen LogP contribution is 2.19. The molecule has 0 saturated carbocycles. The molecule has 1 heterocycles. The fourth-order valence-electron chi connectivity index (χ4n) is 2.43. The third kappa shape index (κ3) is 7.79. The average molecular weight is 289 g/mol. The molecule has 0 radical (unpaired) electrons. The van der Waals surface area contributed by atoms with E-state index in [9.17, 15) is 4.79 Å². The van der Waals surface area contributed by atoms with E-state index < -0.39 is 5.97 Å². The van der Waals surface area contributed by atoms with Crippen molar-refractivity contribution in [1.82, 2.24) is 4.90 Å². The lowest BCUT2D eigenvalue weighted by Crippen LogP contribution is -2.42. The van der Waals surface area contributed by atoms with Gasteiger partial charge in [-0.05, 0) is 19.4 Å². The second kappa shape index (κ2) is 11.0. The van der Waals surface area contributed by atoms with Gasteiger partial charge < -0.3 is 19.3 Å². The lowest BCUT2D eigenvalue weighted by Gasteiger charge is -2.34. The van der Waals surface area contributed by atoms with Crippen molar-refractivity contribution in [3.05, 3.63) is 0 Å². The van der Waals surface area contributed by atoms with Gasteiger partial charge in [0.1, 0.15) is 0 Å². The molecule has 0 amide bonds. The molecule has 0 spiro atoms. The Hall–Kier alpha value is -0.690. The number of hydrogen-bond acceptors (Lipinski definition) is 5. The molecule has 118 valence electrons. The molecule has 6 nitrogen and oxygen atoms in total. The summed E-state index contributed by atoms with van der Waals surface area (Å²) in [5, 5.41) is 8.91. The number of carboxylic acid groups (broad SMARTS) is 1. The molecule has 0 aliphatic carbocycles. The Morgan fingerprint density at radius 2 is 1.85 bits per heavy atom. The van der Waals surface area contributed by atoms with E-state index in [1.807, 2.05) is 0 Å². The zero-order valence-corrected chi connectivity index (χ0v) is 12.4. The van der Waals surface area contributed by atoms with Crippen LogP contribution in [0, 0.1) is 0 Å². The highest BCUT2D eigenvalue weighted by atomic mass is 16.5. The second-order valence-corrected chi connectivity index (χ2v) is 5.00. The summed E-state index contributed by atoms with van der Waals surface area (Å²) in [7, 11) is 1.64. The molecule has 0 aromatic heterocycles. The fourth-order valence-corrected chi connectivity index (χ4v) is 2.43. The molecule has 0 aromatic carbocycles. The van der Waals surface area contributed by atoms with Gasteiger partial charge in [0.15, 0.2) is 0 Å². The fraction of sp³-hybridized carbons (Fsp3) is 0.929. The summed E-state index contributed by atoms with van der Waals surface area (Å²) >= 11 is 0. The monoisotopic (exact) mass is 289 g/mol. The molecule has 1 rings (SSSR count). The molecule has 1 aliphatic rings. The number of nitrogens with zero attached hydrogens (tertiary/aromatic N) is 1. The van der Waals surface area contributed by atoms with Crippen molar-refractivity contribution >= 4 is 5.97 Å². The third-order valence-electron chi connectivity index (χ3n) is 3.49. The van der Waals surface area contributed by atoms with Crippen molar-refractivity contribution in [2.75, 3.05) is 53.2 Å².